The molecule has 8 nitrogen and oxygen atoms in total. The summed E-state index contributed by atoms with van der Waals surface area (Å²) < 4.78 is 5.67. The summed E-state index contributed by atoms with van der Waals surface area (Å²) in [7, 11) is 0. The highest BCUT2D eigenvalue weighted by molar-refractivity contribution is 6.35. The molecule has 3 amide bonds. The first-order valence-corrected chi connectivity index (χ1v) is 12.0. The smallest absolute Gasteiger partial charge is 0.329 e. The lowest BCUT2D eigenvalue weighted by Gasteiger charge is -2.13. The lowest BCUT2D eigenvalue weighted by molar-refractivity contribution is -0.139. The fourth-order valence-electron chi connectivity index (χ4n) is 3.54. The van der Waals surface area contributed by atoms with E-state index in [1.807, 2.05) is 56.3 Å². The molecule has 37 heavy (non-hydrogen) atoms. The van der Waals surface area contributed by atoms with Crippen LogP contribution < -0.4 is 20.8 Å². The molecule has 0 spiro atoms. The highest BCUT2D eigenvalue weighted by Crippen LogP contribution is 2.20. The van der Waals surface area contributed by atoms with Gasteiger partial charge in [-0.3, -0.25) is 14.4 Å². The number of anilines is 1. The topological polar surface area (TPSA) is 109 Å². The molecule has 0 aliphatic carbocycles. The monoisotopic (exact) mass is 500 g/mol. The molecule has 0 saturated heterocycles. The third-order valence-corrected chi connectivity index (χ3v) is 5.70. The molecule has 0 fully saturated rings. The highest BCUT2D eigenvalue weighted by atomic mass is 16.5. The minimum atomic E-state index is -0.888. The van der Waals surface area contributed by atoms with Crippen molar-refractivity contribution in [3.05, 3.63) is 94.5 Å². The molecule has 0 atom stereocenters. The van der Waals surface area contributed by atoms with Gasteiger partial charge in [0.2, 0.25) is 0 Å². The van der Waals surface area contributed by atoms with Gasteiger partial charge in [-0.1, -0.05) is 68.4 Å². The number of hydrazone groups is 1. The van der Waals surface area contributed by atoms with Crippen molar-refractivity contribution < 1.29 is 19.1 Å². The zero-order valence-corrected chi connectivity index (χ0v) is 21.5. The van der Waals surface area contributed by atoms with Crippen molar-refractivity contribution in [1.29, 1.82) is 0 Å². The van der Waals surface area contributed by atoms with Crippen LogP contribution in [0.1, 0.15) is 47.6 Å². The Labute approximate surface area is 217 Å². The van der Waals surface area contributed by atoms with E-state index in [-0.39, 0.29) is 19.1 Å². The lowest BCUT2D eigenvalue weighted by atomic mass is 10.0. The number of amides is 3. The van der Waals surface area contributed by atoms with Crippen LogP contribution in [0.4, 0.5) is 5.69 Å². The molecule has 0 aromatic heterocycles. The molecule has 8 heteroatoms. The number of benzene rings is 3. The van der Waals surface area contributed by atoms with E-state index >= 15 is 0 Å². The number of rotatable bonds is 9. The zero-order chi connectivity index (χ0) is 26.8. The summed E-state index contributed by atoms with van der Waals surface area (Å²) in [6.45, 7) is 8.09. The van der Waals surface area contributed by atoms with Crippen LogP contribution in [0.2, 0.25) is 0 Å². The van der Waals surface area contributed by atoms with E-state index < -0.39 is 11.8 Å². The predicted molar refractivity (Wildman–Crippen MR) is 145 cm³/mol. The van der Waals surface area contributed by atoms with E-state index in [1.54, 1.807) is 24.3 Å². The number of aryl methyl sites for hydroxylation is 2. The van der Waals surface area contributed by atoms with Gasteiger partial charge in [0.1, 0.15) is 5.75 Å². The molecule has 3 N–H and O–H groups in total. The Morgan fingerprint density at radius 3 is 2.24 bits per heavy atom. The highest BCUT2D eigenvalue weighted by Gasteiger charge is 2.13. The summed E-state index contributed by atoms with van der Waals surface area (Å²) >= 11 is 0. The van der Waals surface area contributed by atoms with Crippen LogP contribution in [0.25, 0.3) is 0 Å². The second kappa shape index (κ2) is 13.0. The quantitative estimate of drug-likeness (QED) is 0.232. The van der Waals surface area contributed by atoms with Gasteiger partial charge in [0.15, 0.2) is 6.61 Å². The first-order valence-electron chi connectivity index (χ1n) is 12.0. The number of carbonyl (C=O) groups is 3. The third kappa shape index (κ3) is 8.03. The first kappa shape index (κ1) is 27.1. The molecule has 0 radical (unpaired) electrons. The van der Waals surface area contributed by atoms with E-state index in [2.05, 4.69) is 35.0 Å². The van der Waals surface area contributed by atoms with Crippen LogP contribution in [0.3, 0.4) is 0 Å². The van der Waals surface area contributed by atoms with Crippen LogP contribution in [0.15, 0.2) is 71.8 Å². The minimum absolute atomic E-state index is 0.203. The van der Waals surface area contributed by atoms with Crippen LogP contribution >= 0.6 is 0 Å². The second-order valence-corrected chi connectivity index (χ2v) is 8.92. The van der Waals surface area contributed by atoms with Gasteiger partial charge < -0.3 is 15.4 Å². The molecule has 0 heterocycles. The number of ether oxygens (including phenoxy) is 1. The van der Waals surface area contributed by atoms with E-state index in [9.17, 15) is 14.4 Å². The maximum atomic E-state index is 12.4. The van der Waals surface area contributed by atoms with Crippen molar-refractivity contribution in [3.63, 3.8) is 0 Å². The SMILES string of the molecule is Cc1cccc(C)c1NC(=O)COc1ccccc1/C=N\NC(=O)C(=O)NCc1ccc(C(C)C)cc1. The van der Waals surface area contributed by atoms with Crippen molar-refractivity contribution in [3.8, 4) is 5.75 Å². The molecule has 192 valence electrons. The van der Waals surface area contributed by atoms with E-state index in [1.165, 1.54) is 11.8 Å². The van der Waals surface area contributed by atoms with Gasteiger partial charge in [-0.15, -0.1) is 0 Å². The van der Waals surface area contributed by atoms with E-state index in [0.29, 0.717) is 17.2 Å². The minimum Gasteiger partial charge on any atom is -0.483 e. The third-order valence-electron chi connectivity index (χ3n) is 5.70. The van der Waals surface area contributed by atoms with Crippen molar-refractivity contribution in [2.45, 2.75) is 40.2 Å². The maximum Gasteiger partial charge on any atom is 0.329 e. The summed E-state index contributed by atoms with van der Waals surface area (Å²) in [6, 6.07) is 20.6. The number of hydrogen-bond donors (Lipinski definition) is 3. The molecule has 0 aliphatic rings. The summed E-state index contributed by atoms with van der Waals surface area (Å²) in [5.74, 6) is -1.15. The Hall–Kier alpha value is -4.46. The van der Waals surface area contributed by atoms with Gasteiger partial charge >= 0.3 is 11.8 Å². The normalized spacial score (nSPS) is 10.8. The lowest BCUT2D eigenvalue weighted by Crippen LogP contribution is -2.37. The van der Waals surface area contributed by atoms with E-state index in [4.69, 9.17) is 4.74 Å². The first-order chi connectivity index (χ1) is 17.7. The molecule has 0 bridgehead atoms. The summed E-state index contributed by atoms with van der Waals surface area (Å²) in [4.78, 5) is 36.6. The second-order valence-electron chi connectivity index (χ2n) is 8.92. The molecule has 3 rings (SSSR count). The fraction of sp³-hybridized carbons (Fsp3) is 0.241. The largest absolute Gasteiger partial charge is 0.483 e. The van der Waals surface area contributed by atoms with Crippen molar-refractivity contribution >= 4 is 29.6 Å². The van der Waals surface area contributed by atoms with Crippen molar-refractivity contribution in [2.24, 2.45) is 5.10 Å². The molecular weight excluding hydrogens is 468 g/mol. The Kier molecular flexibility index (Phi) is 9.55. The van der Waals surface area contributed by atoms with Gasteiger partial charge in [0.05, 0.1) is 6.21 Å². The molecular formula is C29H32N4O4. The van der Waals surface area contributed by atoms with Crippen LogP contribution in [0.5, 0.6) is 5.75 Å². The Balaban J connectivity index is 1.50. The van der Waals surface area contributed by atoms with Crippen LogP contribution in [0, 0.1) is 13.8 Å². The average Bonchev–Trinajstić information content (AvgIpc) is 2.89. The van der Waals surface area contributed by atoms with Crippen LogP contribution in [-0.4, -0.2) is 30.5 Å². The Morgan fingerprint density at radius 1 is 0.892 bits per heavy atom. The predicted octanol–water partition coefficient (Wildman–Crippen LogP) is 4.21. The molecule has 3 aromatic carbocycles. The van der Waals surface area contributed by atoms with Gasteiger partial charge in [0, 0.05) is 17.8 Å². The average molecular weight is 501 g/mol. The number of hydrogen-bond acceptors (Lipinski definition) is 5. The standard InChI is InChI=1S/C29H32N4O4/c1-19(2)23-14-12-22(13-15-23)16-30-28(35)29(36)33-31-17-24-10-5-6-11-25(24)37-18-26(34)32-27-20(3)8-7-9-21(27)4/h5-15,17,19H,16,18H2,1-4H3,(H,30,35)(H,32,34)(H,33,36)/b31-17-. The van der Waals surface area contributed by atoms with Gasteiger partial charge in [-0.05, 0) is 54.2 Å². The summed E-state index contributed by atoms with van der Waals surface area (Å²) in [5.41, 5.74) is 7.53. The Morgan fingerprint density at radius 2 is 1.57 bits per heavy atom. The zero-order valence-electron chi connectivity index (χ0n) is 21.5. The summed E-state index contributed by atoms with van der Waals surface area (Å²) in [5, 5.41) is 9.31. The van der Waals surface area contributed by atoms with Gasteiger partial charge in [0.25, 0.3) is 5.91 Å². The van der Waals surface area contributed by atoms with Crippen molar-refractivity contribution in [1.82, 2.24) is 10.7 Å². The van der Waals surface area contributed by atoms with Gasteiger partial charge in [-0.2, -0.15) is 5.10 Å². The molecule has 0 aliphatic heterocycles. The van der Waals surface area contributed by atoms with E-state index in [0.717, 1.165) is 22.4 Å². The van der Waals surface area contributed by atoms with Crippen LogP contribution in [-0.2, 0) is 20.9 Å². The Bertz CT molecular complexity index is 1260. The van der Waals surface area contributed by atoms with Gasteiger partial charge in [-0.25, -0.2) is 5.43 Å². The molecule has 0 saturated carbocycles. The molecule has 0 unspecified atom stereocenters. The maximum absolute atomic E-state index is 12.4. The number of carbonyl (C=O) groups excluding carboxylic acids is 3. The number of nitrogens with one attached hydrogen (secondary N) is 3. The summed E-state index contributed by atoms with van der Waals surface area (Å²) in [6.07, 6.45) is 1.36. The molecule has 3 aromatic rings. The number of para-hydroxylation sites is 2. The number of nitrogens with zero attached hydrogens (tertiary/aromatic N) is 1. The fourth-order valence-corrected chi connectivity index (χ4v) is 3.54. The van der Waals surface area contributed by atoms with Crippen molar-refractivity contribution in [2.75, 3.05) is 11.9 Å².